The van der Waals surface area contributed by atoms with Crippen molar-refractivity contribution in [2.75, 3.05) is 19.4 Å². The monoisotopic (exact) mass is 414 g/mol. The van der Waals surface area contributed by atoms with Gasteiger partial charge in [-0.15, -0.1) is 0 Å². The van der Waals surface area contributed by atoms with Gasteiger partial charge in [-0.25, -0.2) is 21.1 Å². The van der Waals surface area contributed by atoms with Crippen LogP contribution in [0.25, 0.3) is 0 Å². The second-order valence-corrected chi connectivity index (χ2v) is 10.7. The molecule has 1 heterocycles. The zero-order valence-corrected chi connectivity index (χ0v) is 17.1. The Bertz CT molecular complexity index is 1020. The Morgan fingerprint density at radius 2 is 1.67 bits per heavy atom. The highest BCUT2D eigenvalue weighted by Crippen LogP contribution is 2.20. The number of furan rings is 1. The zero-order chi connectivity index (χ0) is 20.4. The van der Waals surface area contributed by atoms with E-state index in [9.17, 15) is 21.6 Å². The van der Waals surface area contributed by atoms with Crippen molar-refractivity contribution >= 4 is 31.5 Å². The first-order chi connectivity index (χ1) is 12.4. The Morgan fingerprint density at radius 1 is 1.07 bits per heavy atom. The van der Waals surface area contributed by atoms with Gasteiger partial charge in [0.05, 0.1) is 0 Å². The van der Waals surface area contributed by atoms with E-state index in [0.717, 1.165) is 9.87 Å². The van der Waals surface area contributed by atoms with Crippen LogP contribution in [0.2, 0.25) is 0 Å². The lowest BCUT2D eigenvalue weighted by Gasteiger charge is -2.13. The highest BCUT2D eigenvalue weighted by atomic mass is 32.2. The number of amides is 1. The number of carbonyl (C=O) groups is 1. The number of sulfonamides is 1. The Morgan fingerprint density at radius 3 is 2.22 bits per heavy atom. The Labute approximate surface area is 159 Å². The SMILES string of the molecule is Cc1ccc(NC(=O)[C@@H](C)S(=O)(=O)Cc2ccc(S(=O)(=O)N(C)C)o2)cc1. The molecular weight excluding hydrogens is 392 g/mol. The fourth-order valence-corrected chi connectivity index (χ4v) is 4.12. The van der Waals surface area contributed by atoms with Crippen molar-refractivity contribution in [1.29, 1.82) is 0 Å². The van der Waals surface area contributed by atoms with Gasteiger partial charge in [-0.3, -0.25) is 4.79 Å². The largest absolute Gasteiger partial charge is 0.447 e. The minimum absolute atomic E-state index is 0.0505. The minimum Gasteiger partial charge on any atom is -0.447 e. The molecule has 1 aromatic carbocycles. The summed E-state index contributed by atoms with van der Waals surface area (Å²) in [4.78, 5) is 12.3. The molecule has 2 rings (SSSR count). The molecule has 0 spiro atoms. The molecule has 0 aliphatic rings. The van der Waals surface area contributed by atoms with Crippen molar-refractivity contribution in [1.82, 2.24) is 4.31 Å². The van der Waals surface area contributed by atoms with Crippen molar-refractivity contribution in [2.45, 2.75) is 29.9 Å². The average molecular weight is 415 g/mol. The smallest absolute Gasteiger partial charge is 0.275 e. The van der Waals surface area contributed by atoms with Crippen LogP contribution in [-0.4, -0.2) is 46.4 Å². The molecule has 1 atom stereocenters. The van der Waals surface area contributed by atoms with E-state index in [4.69, 9.17) is 4.42 Å². The maximum absolute atomic E-state index is 12.5. The van der Waals surface area contributed by atoms with Gasteiger partial charge < -0.3 is 9.73 Å². The van der Waals surface area contributed by atoms with Crippen LogP contribution in [0.1, 0.15) is 18.2 Å². The molecular formula is C17H22N2O6S2. The number of hydrogen-bond acceptors (Lipinski definition) is 6. The van der Waals surface area contributed by atoms with Crippen molar-refractivity contribution in [3.8, 4) is 0 Å². The van der Waals surface area contributed by atoms with Gasteiger partial charge in [-0.2, -0.15) is 0 Å². The molecule has 0 saturated heterocycles. The maximum Gasteiger partial charge on any atom is 0.275 e. The second kappa shape index (κ2) is 7.83. The Kier molecular flexibility index (Phi) is 6.13. The molecule has 10 heteroatoms. The van der Waals surface area contributed by atoms with Crippen LogP contribution in [0.15, 0.2) is 45.9 Å². The molecule has 0 unspecified atom stereocenters. The third kappa shape index (κ3) is 4.96. The van der Waals surface area contributed by atoms with Crippen molar-refractivity contribution in [2.24, 2.45) is 0 Å². The van der Waals surface area contributed by atoms with Crippen molar-refractivity contribution in [3.05, 3.63) is 47.7 Å². The number of hydrogen-bond donors (Lipinski definition) is 1. The number of carbonyl (C=O) groups excluding carboxylic acids is 1. The van der Waals surface area contributed by atoms with Gasteiger partial charge in [0.25, 0.3) is 10.0 Å². The van der Waals surface area contributed by atoms with Crippen LogP contribution in [0.4, 0.5) is 5.69 Å². The molecule has 0 radical (unpaired) electrons. The normalized spacial score (nSPS) is 13.5. The van der Waals surface area contributed by atoms with E-state index in [1.54, 1.807) is 24.3 Å². The van der Waals surface area contributed by atoms with Crippen LogP contribution < -0.4 is 5.32 Å². The summed E-state index contributed by atoms with van der Waals surface area (Å²) in [5.41, 5.74) is 1.50. The molecule has 27 heavy (non-hydrogen) atoms. The summed E-state index contributed by atoms with van der Waals surface area (Å²) >= 11 is 0. The number of benzene rings is 1. The third-order valence-electron chi connectivity index (χ3n) is 3.94. The van der Waals surface area contributed by atoms with Gasteiger partial charge >= 0.3 is 0 Å². The fourth-order valence-electron chi connectivity index (χ4n) is 2.12. The van der Waals surface area contributed by atoms with E-state index in [-0.39, 0.29) is 10.9 Å². The maximum atomic E-state index is 12.5. The predicted octanol–water partition coefficient (Wildman–Crippen LogP) is 1.78. The van der Waals surface area contributed by atoms with Gasteiger partial charge in [-0.1, -0.05) is 17.7 Å². The molecule has 2 aromatic rings. The quantitative estimate of drug-likeness (QED) is 0.739. The van der Waals surface area contributed by atoms with Gasteiger partial charge in [0, 0.05) is 19.8 Å². The zero-order valence-electron chi connectivity index (χ0n) is 15.5. The van der Waals surface area contributed by atoms with Crippen LogP contribution in [0.5, 0.6) is 0 Å². The molecule has 148 valence electrons. The molecule has 0 bridgehead atoms. The van der Waals surface area contributed by atoms with Gasteiger partial charge in [0.1, 0.15) is 16.8 Å². The van der Waals surface area contributed by atoms with Crippen LogP contribution in [0.3, 0.4) is 0 Å². The third-order valence-corrected chi connectivity index (χ3v) is 7.61. The number of sulfone groups is 1. The number of nitrogens with one attached hydrogen (secondary N) is 1. The first kappa shape index (κ1) is 21.1. The van der Waals surface area contributed by atoms with E-state index in [2.05, 4.69) is 5.32 Å². The summed E-state index contributed by atoms with van der Waals surface area (Å²) in [6, 6.07) is 9.42. The van der Waals surface area contributed by atoms with Gasteiger partial charge in [0.2, 0.25) is 11.0 Å². The number of nitrogens with zero attached hydrogens (tertiary/aromatic N) is 1. The highest BCUT2D eigenvalue weighted by Gasteiger charge is 2.30. The number of anilines is 1. The summed E-state index contributed by atoms with van der Waals surface area (Å²) in [5.74, 6) is -1.31. The molecule has 8 nitrogen and oxygen atoms in total. The first-order valence-corrected chi connectivity index (χ1v) is 11.2. The summed E-state index contributed by atoms with van der Waals surface area (Å²) in [7, 11) is -5.03. The number of rotatable bonds is 7. The number of aryl methyl sites for hydroxylation is 1. The van der Waals surface area contributed by atoms with Crippen LogP contribution in [0, 0.1) is 6.92 Å². The Balaban J connectivity index is 2.12. The van der Waals surface area contributed by atoms with Crippen molar-refractivity contribution in [3.63, 3.8) is 0 Å². The summed E-state index contributed by atoms with van der Waals surface area (Å²) in [5, 5.41) is 0.866. The molecule has 0 saturated carbocycles. The molecule has 0 aliphatic heterocycles. The van der Waals surface area contributed by atoms with E-state index >= 15 is 0 Å². The molecule has 1 N–H and O–H groups in total. The summed E-state index contributed by atoms with van der Waals surface area (Å²) < 4.78 is 55.1. The lowest BCUT2D eigenvalue weighted by Crippen LogP contribution is -2.33. The molecule has 0 aliphatic carbocycles. The molecule has 1 amide bonds. The second-order valence-electron chi connectivity index (χ2n) is 6.31. The van der Waals surface area contributed by atoms with E-state index in [1.807, 2.05) is 6.92 Å². The van der Waals surface area contributed by atoms with Gasteiger partial charge in [0.15, 0.2) is 9.84 Å². The van der Waals surface area contributed by atoms with E-state index in [0.29, 0.717) is 5.69 Å². The fraction of sp³-hybridized carbons (Fsp3) is 0.353. The summed E-state index contributed by atoms with van der Waals surface area (Å²) in [6.07, 6.45) is 0. The van der Waals surface area contributed by atoms with E-state index in [1.165, 1.54) is 33.2 Å². The average Bonchev–Trinajstić information content (AvgIpc) is 3.04. The predicted molar refractivity (Wildman–Crippen MR) is 101 cm³/mol. The first-order valence-electron chi connectivity index (χ1n) is 8.04. The van der Waals surface area contributed by atoms with Gasteiger partial charge in [-0.05, 0) is 38.1 Å². The minimum atomic E-state index is -3.91. The topological polar surface area (TPSA) is 114 Å². The lowest BCUT2D eigenvalue weighted by molar-refractivity contribution is -0.115. The van der Waals surface area contributed by atoms with E-state index < -0.39 is 36.8 Å². The van der Waals surface area contributed by atoms with Crippen LogP contribution in [-0.2, 0) is 30.4 Å². The molecule has 1 aromatic heterocycles. The van der Waals surface area contributed by atoms with Crippen molar-refractivity contribution < 1.29 is 26.0 Å². The summed E-state index contributed by atoms with van der Waals surface area (Å²) in [6.45, 7) is 3.17. The lowest BCUT2D eigenvalue weighted by atomic mass is 10.2. The van der Waals surface area contributed by atoms with Crippen LogP contribution >= 0.6 is 0 Å². The Hall–Kier alpha value is -2.17. The molecule has 0 fully saturated rings. The highest BCUT2D eigenvalue weighted by molar-refractivity contribution is 7.92. The standard InChI is InChI=1S/C17H22N2O6S2/c1-12-5-7-14(8-6-12)18-17(20)13(2)26(21,22)11-15-9-10-16(25-15)27(23,24)19(3)4/h5-10,13H,11H2,1-4H3,(H,18,20)/t13-/m1/s1.